The highest BCUT2D eigenvalue weighted by molar-refractivity contribution is 7.80. The van der Waals surface area contributed by atoms with E-state index in [0.29, 0.717) is 0 Å². The molecule has 3 heteroatoms. The van der Waals surface area contributed by atoms with E-state index in [9.17, 15) is 0 Å². The predicted molar refractivity (Wildman–Crippen MR) is 100 cm³/mol. The summed E-state index contributed by atoms with van der Waals surface area (Å²) in [5, 5.41) is 6.85. The van der Waals surface area contributed by atoms with Crippen molar-refractivity contribution in [3.05, 3.63) is 66.7 Å². The van der Waals surface area contributed by atoms with Crippen molar-refractivity contribution in [2.45, 2.75) is 9.79 Å². The second kappa shape index (κ2) is 5.14. The van der Waals surface area contributed by atoms with Gasteiger partial charge in [-0.25, -0.2) is 0 Å². The minimum absolute atomic E-state index is 0.465. The molecule has 21 heavy (non-hydrogen) atoms. The van der Waals surface area contributed by atoms with Gasteiger partial charge in [0.15, 0.2) is 0 Å². The van der Waals surface area contributed by atoms with Crippen molar-refractivity contribution < 1.29 is 0 Å². The summed E-state index contributed by atoms with van der Waals surface area (Å²) in [6, 6.07) is 23.8. The molecule has 1 aromatic heterocycles. The van der Waals surface area contributed by atoms with Crippen molar-refractivity contribution in [3.63, 3.8) is 0 Å². The Labute approximate surface area is 135 Å². The van der Waals surface area contributed by atoms with Crippen LogP contribution in [0.15, 0.2) is 76.5 Å². The average Bonchev–Trinajstić information content (AvgIpc) is 2.81. The molecular weight excluding hydrogens is 311 g/mol. The molecule has 0 fully saturated rings. The highest BCUT2D eigenvalue weighted by atomic mass is 32.1. The van der Waals surface area contributed by atoms with Gasteiger partial charge in [-0.15, -0.1) is 25.3 Å². The highest BCUT2D eigenvalue weighted by Gasteiger charge is 2.13. The van der Waals surface area contributed by atoms with Gasteiger partial charge in [0.25, 0.3) is 0 Å². The third-order valence-corrected chi connectivity index (χ3v) is 6.86. The Hall–Kier alpha value is -1.34. The molecule has 4 aromatic rings. The second-order valence-electron chi connectivity index (χ2n) is 5.07. The van der Waals surface area contributed by atoms with Crippen LogP contribution in [0.2, 0.25) is 0 Å². The summed E-state index contributed by atoms with van der Waals surface area (Å²) in [6.07, 6.45) is 0. The van der Waals surface area contributed by atoms with Gasteiger partial charge in [0, 0.05) is 20.0 Å². The summed E-state index contributed by atoms with van der Waals surface area (Å²) in [7, 11) is -0.465. The van der Waals surface area contributed by atoms with Crippen molar-refractivity contribution in [2.24, 2.45) is 0 Å². The molecule has 0 spiro atoms. The lowest BCUT2D eigenvalue weighted by molar-refractivity contribution is 1.53. The maximum atomic E-state index is 4.51. The first-order chi connectivity index (χ1) is 10.2. The summed E-state index contributed by atoms with van der Waals surface area (Å²) < 4.78 is 0. The molecule has 0 amide bonds. The molecule has 0 radical (unpaired) electrons. The van der Waals surface area contributed by atoms with Crippen molar-refractivity contribution >= 4 is 53.8 Å². The monoisotopic (exact) mass is 324 g/mol. The molecule has 1 heterocycles. The predicted octanol–water partition coefficient (Wildman–Crippen LogP) is 6.55. The number of hydrogen-bond acceptors (Lipinski definition) is 2. The average molecular weight is 324 g/mol. The molecular formula is C18H13PS2. The smallest absolute Gasteiger partial charge is 0.00691 e. The molecule has 0 nitrogen and oxygen atoms in total. The van der Waals surface area contributed by atoms with Crippen LogP contribution in [0.5, 0.6) is 0 Å². The largest absolute Gasteiger partial charge is 0.143 e. The lowest BCUT2D eigenvalue weighted by Crippen LogP contribution is -1.68. The van der Waals surface area contributed by atoms with E-state index < -0.39 is 7.53 Å². The van der Waals surface area contributed by atoms with E-state index in [-0.39, 0.29) is 0 Å². The first kappa shape index (κ1) is 13.3. The first-order valence-corrected chi connectivity index (χ1v) is 8.99. The Bertz CT molecular complexity index is 896. The van der Waals surface area contributed by atoms with Gasteiger partial charge >= 0.3 is 0 Å². The summed E-state index contributed by atoms with van der Waals surface area (Å²) in [5.74, 6) is 0. The zero-order valence-corrected chi connectivity index (χ0v) is 13.9. The molecule has 3 aromatic carbocycles. The minimum Gasteiger partial charge on any atom is -0.143 e. The van der Waals surface area contributed by atoms with Crippen LogP contribution >= 0.6 is 32.8 Å². The summed E-state index contributed by atoms with van der Waals surface area (Å²) >= 11 is 9.01. The minimum atomic E-state index is -0.465. The maximum Gasteiger partial charge on any atom is 0.00691 e. The van der Waals surface area contributed by atoms with Crippen LogP contribution in [0.3, 0.4) is 0 Å². The Morgan fingerprint density at radius 1 is 0.619 bits per heavy atom. The standard InChI is InChI=1S/C18H13PS2/c20-13-6-8-17-15(10-13)16-11-14(21)7-9-18(16)19(17)12-4-2-1-3-5-12/h1-11,20-21H. The van der Waals surface area contributed by atoms with E-state index in [4.69, 9.17) is 0 Å². The topological polar surface area (TPSA) is 0 Å². The molecule has 0 N–H and O–H groups in total. The third kappa shape index (κ3) is 2.19. The van der Waals surface area contributed by atoms with Gasteiger partial charge in [0.1, 0.15) is 0 Å². The molecule has 0 aliphatic carbocycles. The Kier molecular flexibility index (Phi) is 3.26. The van der Waals surface area contributed by atoms with Gasteiger partial charge < -0.3 is 0 Å². The van der Waals surface area contributed by atoms with Gasteiger partial charge in [-0.3, -0.25) is 0 Å². The quantitative estimate of drug-likeness (QED) is 0.365. The summed E-state index contributed by atoms with van der Waals surface area (Å²) in [6.45, 7) is 0. The van der Waals surface area contributed by atoms with E-state index in [0.717, 1.165) is 9.79 Å². The number of hydrogen-bond donors (Lipinski definition) is 2. The number of thiol groups is 2. The summed E-state index contributed by atoms with van der Waals surface area (Å²) in [4.78, 5) is 2.02. The SMILES string of the molecule is Sc1ccc2c(c1)c1cc(S)ccc1p2-c1ccccc1. The molecule has 0 saturated carbocycles. The van der Waals surface area contributed by atoms with Gasteiger partial charge in [0.2, 0.25) is 0 Å². The number of fused-ring (bicyclic) bond motifs is 3. The first-order valence-electron chi connectivity index (χ1n) is 6.75. The fourth-order valence-electron chi connectivity index (χ4n) is 2.85. The maximum absolute atomic E-state index is 4.51. The van der Waals surface area contributed by atoms with Crippen LogP contribution in [-0.4, -0.2) is 0 Å². The van der Waals surface area contributed by atoms with E-state index in [1.807, 2.05) is 0 Å². The lowest BCUT2D eigenvalue weighted by atomic mass is 10.1. The Balaban J connectivity index is 2.22. The van der Waals surface area contributed by atoms with Crippen LogP contribution in [0.25, 0.3) is 26.3 Å². The molecule has 0 atom stereocenters. The zero-order valence-electron chi connectivity index (χ0n) is 11.2. The molecule has 0 aliphatic rings. The molecule has 0 unspecified atom stereocenters. The van der Waals surface area contributed by atoms with Gasteiger partial charge in [-0.05, 0) is 52.5 Å². The molecule has 102 valence electrons. The third-order valence-electron chi connectivity index (χ3n) is 3.75. The Morgan fingerprint density at radius 3 is 1.67 bits per heavy atom. The molecule has 0 saturated heterocycles. The van der Waals surface area contributed by atoms with Gasteiger partial charge in [0.05, 0.1) is 0 Å². The summed E-state index contributed by atoms with van der Waals surface area (Å²) in [5.41, 5.74) is 0. The molecule has 0 aliphatic heterocycles. The van der Waals surface area contributed by atoms with Crippen LogP contribution < -0.4 is 0 Å². The van der Waals surface area contributed by atoms with Crippen LogP contribution in [-0.2, 0) is 0 Å². The van der Waals surface area contributed by atoms with E-state index in [1.165, 1.54) is 26.3 Å². The highest BCUT2D eigenvalue weighted by Crippen LogP contribution is 2.55. The number of rotatable bonds is 1. The van der Waals surface area contributed by atoms with Crippen molar-refractivity contribution in [1.82, 2.24) is 0 Å². The van der Waals surface area contributed by atoms with E-state index in [2.05, 4.69) is 92.0 Å². The van der Waals surface area contributed by atoms with Crippen LogP contribution in [0, 0.1) is 0 Å². The van der Waals surface area contributed by atoms with E-state index in [1.54, 1.807) is 0 Å². The number of benzene rings is 3. The van der Waals surface area contributed by atoms with Crippen molar-refractivity contribution in [3.8, 4) is 5.30 Å². The molecule has 4 rings (SSSR count). The molecule has 0 bridgehead atoms. The van der Waals surface area contributed by atoms with Crippen LogP contribution in [0.4, 0.5) is 0 Å². The fourth-order valence-corrected chi connectivity index (χ4v) is 5.85. The Morgan fingerprint density at radius 2 is 1.14 bits per heavy atom. The fraction of sp³-hybridized carbons (Fsp3) is 0. The van der Waals surface area contributed by atoms with Crippen molar-refractivity contribution in [1.29, 1.82) is 0 Å². The van der Waals surface area contributed by atoms with E-state index >= 15 is 0 Å². The van der Waals surface area contributed by atoms with Gasteiger partial charge in [-0.1, -0.05) is 37.9 Å². The van der Waals surface area contributed by atoms with Crippen LogP contribution in [0.1, 0.15) is 0 Å². The second-order valence-corrected chi connectivity index (χ2v) is 8.26. The normalized spacial score (nSPS) is 11.3. The lowest BCUT2D eigenvalue weighted by Gasteiger charge is -2.03. The van der Waals surface area contributed by atoms with Gasteiger partial charge in [-0.2, -0.15) is 0 Å². The zero-order chi connectivity index (χ0) is 14.4. The van der Waals surface area contributed by atoms with Crippen molar-refractivity contribution in [2.75, 3.05) is 0 Å².